The maximum absolute atomic E-state index is 10.5. The molecule has 0 heterocycles. The molecule has 0 aliphatic rings. The van der Waals surface area contributed by atoms with E-state index in [4.69, 9.17) is 0 Å². The molecule has 0 amide bonds. The van der Waals surface area contributed by atoms with E-state index in [0.29, 0.717) is 0 Å². The van der Waals surface area contributed by atoms with Crippen LogP contribution in [-0.4, -0.2) is 55.7 Å². The van der Waals surface area contributed by atoms with Crippen LogP contribution in [0.2, 0.25) is 0 Å². The molecule has 0 unspecified atom stereocenters. The van der Waals surface area contributed by atoms with Crippen LogP contribution in [0.15, 0.2) is 0 Å². The van der Waals surface area contributed by atoms with Gasteiger partial charge in [-0.15, -0.1) is 13.1 Å². The Kier molecular flexibility index (Phi) is 10.7. The zero-order valence-electron chi connectivity index (χ0n) is 9.12. The van der Waals surface area contributed by atoms with Crippen molar-refractivity contribution in [3.63, 3.8) is 0 Å². The van der Waals surface area contributed by atoms with Crippen molar-refractivity contribution in [2.45, 2.75) is 0 Å². The SMILES string of the molecule is CS(=O)(=O)OCC[N-]CCOS(C)(=O)=O.[Y]. The Morgan fingerprint density at radius 2 is 1.19 bits per heavy atom. The van der Waals surface area contributed by atoms with Gasteiger partial charge in [0.25, 0.3) is 20.2 Å². The molecule has 10 heteroatoms. The van der Waals surface area contributed by atoms with Crippen LogP contribution >= 0.6 is 0 Å². The molecule has 16 heavy (non-hydrogen) atoms. The molecule has 0 aromatic carbocycles. The van der Waals surface area contributed by atoms with Crippen molar-refractivity contribution in [1.29, 1.82) is 0 Å². The molecular formula is C6H14NO6S2Y-. The Labute approximate surface area is 121 Å². The summed E-state index contributed by atoms with van der Waals surface area (Å²) in [5.74, 6) is 0. The van der Waals surface area contributed by atoms with Crippen molar-refractivity contribution in [2.75, 3.05) is 38.8 Å². The van der Waals surface area contributed by atoms with Crippen LogP contribution in [0.1, 0.15) is 0 Å². The summed E-state index contributed by atoms with van der Waals surface area (Å²) in [6, 6.07) is 0. The fourth-order valence-corrected chi connectivity index (χ4v) is 1.37. The maximum atomic E-state index is 10.5. The van der Waals surface area contributed by atoms with E-state index in [2.05, 4.69) is 13.7 Å². The van der Waals surface area contributed by atoms with Crippen molar-refractivity contribution in [2.24, 2.45) is 0 Å². The van der Waals surface area contributed by atoms with Gasteiger partial charge >= 0.3 is 0 Å². The van der Waals surface area contributed by atoms with Crippen LogP contribution in [0.4, 0.5) is 0 Å². The molecule has 0 aromatic heterocycles. The van der Waals surface area contributed by atoms with E-state index in [0.717, 1.165) is 12.5 Å². The molecule has 0 saturated heterocycles. The fraction of sp³-hybridized carbons (Fsp3) is 1.00. The van der Waals surface area contributed by atoms with Crippen LogP contribution < -0.4 is 0 Å². The van der Waals surface area contributed by atoms with Crippen molar-refractivity contribution in [1.82, 2.24) is 0 Å². The van der Waals surface area contributed by atoms with Gasteiger partial charge in [0, 0.05) is 45.9 Å². The topological polar surface area (TPSA) is 101 Å². The molecule has 0 saturated carbocycles. The summed E-state index contributed by atoms with van der Waals surface area (Å²) in [7, 11) is -6.85. The number of hydrogen-bond acceptors (Lipinski definition) is 6. The average Bonchev–Trinajstić information content (AvgIpc) is 1.98. The summed E-state index contributed by atoms with van der Waals surface area (Å²) in [4.78, 5) is 0. The summed E-state index contributed by atoms with van der Waals surface area (Å²) in [5, 5.41) is 3.80. The molecule has 0 aliphatic carbocycles. The van der Waals surface area contributed by atoms with Gasteiger partial charge < -0.3 is 5.32 Å². The standard InChI is InChI=1S/C6H14NO6S2.Y/c1-14(8,9)12-5-3-7-4-6-13-15(2,10)11;/h3-6H2,1-2H3;/q-1;. The zero-order chi connectivity index (χ0) is 11.9. The van der Waals surface area contributed by atoms with E-state index < -0.39 is 20.2 Å². The van der Waals surface area contributed by atoms with E-state index in [1.807, 2.05) is 0 Å². The second-order valence-corrected chi connectivity index (χ2v) is 6.01. The molecule has 0 aromatic rings. The van der Waals surface area contributed by atoms with E-state index in [1.54, 1.807) is 0 Å². The van der Waals surface area contributed by atoms with Gasteiger partial charge in [0.05, 0.1) is 12.5 Å². The van der Waals surface area contributed by atoms with Gasteiger partial charge in [0.1, 0.15) is 0 Å². The van der Waals surface area contributed by atoms with Gasteiger partial charge in [-0.3, -0.25) is 8.37 Å². The Balaban J connectivity index is 0. The smallest absolute Gasteiger partial charge is 0.264 e. The number of hydrogen-bond donors (Lipinski definition) is 0. The van der Waals surface area contributed by atoms with Gasteiger partial charge in [-0.25, -0.2) is 0 Å². The third-order valence-electron chi connectivity index (χ3n) is 1.09. The molecular weight excluding hydrogens is 335 g/mol. The van der Waals surface area contributed by atoms with Gasteiger partial charge in [-0.05, 0) is 0 Å². The Hall–Kier alpha value is 0.884. The molecule has 7 nitrogen and oxygen atoms in total. The largest absolute Gasteiger partial charge is 0.658 e. The van der Waals surface area contributed by atoms with E-state index >= 15 is 0 Å². The summed E-state index contributed by atoms with van der Waals surface area (Å²) in [5.41, 5.74) is 0. The summed E-state index contributed by atoms with van der Waals surface area (Å²) in [6.45, 7) is 0.274. The van der Waals surface area contributed by atoms with Crippen molar-refractivity contribution < 1.29 is 57.9 Å². The molecule has 0 bridgehead atoms. The maximum Gasteiger partial charge on any atom is 0.264 e. The second-order valence-electron chi connectivity index (χ2n) is 2.72. The van der Waals surface area contributed by atoms with E-state index in [1.165, 1.54) is 0 Å². The molecule has 0 aliphatic heterocycles. The molecule has 1 radical (unpaired) electrons. The average molecular weight is 349 g/mol. The minimum Gasteiger partial charge on any atom is -0.658 e. The molecule has 0 atom stereocenters. The number of rotatable bonds is 8. The number of nitrogens with zero attached hydrogens (tertiary/aromatic N) is 1. The first kappa shape index (κ1) is 19.2. The third kappa shape index (κ3) is 17.3. The Morgan fingerprint density at radius 1 is 0.875 bits per heavy atom. The minimum atomic E-state index is -3.43. The molecule has 0 rings (SSSR count). The van der Waals surface area contributed by atoms with Crippen molar-refractivity contribution >= 4 is 20.2 Å². The molecule has 0 N–H and O–H groups in total. The van der Waals surface area contributed by atoms with E-state index in [-0.39, 0.29) is 59.0 Å². The summed E-state index contributed by atoms with van der Waals surface area (Å²) in [6.07, 6.45) is 1.89. The summed E-state index contributed by atoms with van der Waals surface area (Å²) < 4.78 is 50.7. The quantitative estimate of drug-likeness (QED) is 0.425. The van der Waals surface area contributed by atoms with Gasteiger partial charge in [0.2, 0.25) is 0 Å². The predicted molar refractivity (Wildman–Crippen MR) is 54.7 cm³/mol. The van der Waals surface area contributed by atoms with Gasteiger partial charge in [-0.2, -0.15) is 16.8 Å². The molecule has 95 valence electrons. The molecule has 0 fully saturated rings. The van der Waals surface area contributed by atoms with Crippen LogP contribution in [0.5, 0.6) is 0 Å². The second kappa shape index (κ2) is 8.90. The van der Waals surface area contributed by atoms with Gasteiger partial charge in [-0.1, -0.05) is 0 Å². The first-order valence-corrected chi connectivity index (χ1v) is 7.66. The Morgan fingerprint density at radius 3 is 1.44 bits per heavy atom. The third-order valence-corrected chi connectivity index (χ3v) is 2.28. The predicted octanol–water partition coefficient (Wildman–Crippen LogP) is -0.690. The minimum absolute atomic E-state index is 0. The summed E-state index contributed by atoms with van der Waals surface area (Å²) >= 11 is 0. The van der Waals surface area contributed by atoms with Crippen LogP contribution in [0, 0.1) is 0 Å². The fourth-order valence-electron chi connectivity index (χ4n) is 0.618. The monoisotopic (exact) mass is 349 g/mol. The van der Waals surface area contributed by atoms with Crippen molar-refractivity contribution in [3.05, 3.63) is 5.32 Å². The normalized spacial score (nSPS) is 12.1. The first-order chi connectivity index (χ1) is 6.71. The van der Waals surface area contributed by atoms with Crippen molar-refractivity contribution in [3.8, 4) is 0 Å². The van der Waals surface area contributed by atoms with Crippen LogP contribution in [0.3, 0.4) is 0 Å². The zero-order valence-corrected chi connectivity index (χ0v) is 13.6. The van der Waals surface area contributed by atoms with Crippen LogP contribution in [0.25, 0.3) is 5.32 Å². The van der Waals surface area contributed by atoms with Crippen LogP contribution in [-0.2, 0) is 61.3 Å². The van der Waals surface area contributed by atoms with Gasteiger partial charge in [0.15, 0.2) is 0 Å². The van der Waals surface area contributed by atoms with E-state index in [9.17, 15) is 16.8 Å². The molecule has 0 spiro atoms. The first-order valence-electron chi connectivity index (χ1n) is 4.03. The Bertz CT molecular complexity index is 328.